The summed E-state index contributed by atoms with van der Waals surface area (Å²) in [6.07, 6.45) is 0. The first-order chi connectivity index (χ1) is 13.6. The van der Waals surface area contributed by atoms with Crippen molar-refractivity contribution in [3.8, 4) is 10.6 Å². The average molecular weight is 396 g/mol. The number of piperazine rings is 1. The van der Waals surface area contributed by atoms with Gasteiger partial charge in [0.15, 0.2) is 0 Å². The van der Waals surface area contributed by atoms with E-state index in [-0.39, 0.29) is 11.7 Å². The van der Waals surface area contributed by atoms with E-state index in [1.165, 1.54) is 29.2 Å². The normalized spacial score (nSPS) is 14.9. The van der Waals surface area contributed by atoms with Gasteiger partial charge < -0.3 is 15.1 Å². The maximum atomic E-state index is 13.1. The van der Waals surface area contributed by atoms with Gasteiger partial charge >= 0.3 is 0 Å². The summed E-state index contributed by atoms with van der Waals surface area (Å²) in [5.74, 6) is -0.546. The predicted molar refractivity (Wildman–Crippen MR) is 112 cm³/mol. The van der Waals surface area contributed by atoms with Crippen molar-refractivity contribution in [2.24, 2.45) is 0 Å². The first-order valence-electron chi connectivity index (χ1n) is 9.15. The van der Waals surface area contributed by atoms with Crippen molar-refractivity contribution in [1.29, 1.82) is 0 Å². The molecule has 7 heteroatoms. The second-order valence-corrected chi connectivity index (χ2v) is 7.69. The maximum absolute atomic E-state index is 13.1. The fourth-order valence-electron chi connectivity index (χ4n) is 3.12. The summed E-state index contributed by atoms with van der Waals surface area (Å²) in [5.41, 5.74) is 3.05. The highest BCUT2D eigenvalue weighted by Crippen LogP contribution is 2.25. The summed E-state index contributed by atoms with van der Waals surface area (Å²) >= 11 is 1.36. The van der Waals surface area contributed by atoms with Crippen LogP contribution in [0.4, 0.5) is 15.8 Å². The largest absolute Gasteiger partial charge is 0.369 e. The zero-order chi connectivity index (χ0) is 19.5. The van der Waals surface area contributed by atoms with Crippen molar-refractivity contribution in [2.75, 3.05) is 43.4 Å². The standard InChI is InChI=1S/C21H21FN4OS/c1-25-10-12-26(13-11-25)18-8-6-17(7-9-18)23-20(27)19-14-28-21(24-19)15-2-4-16(22)5-3-15/h2-9,14H,10-13H2,1H3,(H,23,27). The van der Waals surface area contributed by atoms with E-state index in [4.69, 9.17) is 0 Å². The first-order valence-corrected chi connectivity index (χ1v) is 10.0. The number of hydrogen-bond acceptors (Lipinski definition) is 5. The molecular formula is C21H21FN4OS. The zero-order valence-corrected chi connectivity index (χ0v) is 16.4. The molecule has 1 saturated heterocycles. The van der Waals surface area contributed by atoms with Gasteiger partial charge in [-0.25, -0.2) is 9.37 Å². The van der Waals surface area contributed by atoms with Crippen LogP contribution in [-0.2, 0) is 0 Å². The van der Waals surface area contributed by atoms with E-state index in [1.54, 1.807) is 17.5 Å². The van der Waals surface area contributed by atoms with Crippen LogP contribution in [0, 0.1) is 5.82 Å². The molecule has 5 nitrogen and oxygen atoms in total. The van der Waals surface area contributed by atoms with Gasteiger partial charge in [0.1, 0.15) is 16.5 Å². The van der Waals surface area contributed by atoms with Gasteiger partial charge in [0.05, 0.1) is 0 Å². The Balaban J connectivity index is 1.40. The van der Waals surface area contributed by atoms with Gasteiger partial charge in [-0.1, -0.05) is 0 Å². The van der Waals surface area contributed by atoms with E-state index in [2.05, 4.69) is 27.1 Å². The van der Waals surface area contributed by atoms with Crippen LogP contribution in [0.3, 0.4) is 0 Å². The van der Waals surface area contributed by atoms with Crippen molar-refractivity contribution in [2.45, 2.75) is 0 Å². The minimum Gasteiger partial charge on any atom is -0.369 e. The lowest BCUT2D eigenvalue weighted by Gasteiger charge is -2.34. The van der Waals surface area contributed by atoms with E-state index >= 15 is 0 Å². The molecule has 1 aliphatic rings. The molecule has 1 amide bonds. The Morgan fingerprint density at radius 3 is 2.39 bits per heavy atom. The number of amides is 1. The number of anilines is 2. The molecule has 0 radical (unpaired) electrons. The third kappa shape index (κ3) is 4.21. The monoisotopic (exact) mass is 396 g/mol. The molecule has 3 aromatic rings. The van der Waals surface area contributed by atoms with Crippen molar-refractivity contribution < 1.29 is 9.18 Å². The Bertz CT molecular complexity index is 947. The van der Waals surface area contributed by atoms with Crippen LogP contribution in [0.15, 0.2) is 53.9 Å². The van der Waals surface area contributed by atoms with Crippen LogP contribution in [0.1, 0.15) is 10.5 Å². The van der Waals surface area contributed by atoms with Crippen LogP contribution in [0.5, 0.6) is 0 Å². The molecule has 4 rings (SSSR count). The first kappa shape index (κ1) is 18.6. The minimum absolute atomic E-state index is 0.253. The fourth-order valence-corrected chi connectivity index (χ4v) is 3.92. The molecule has 0 bridgehead atoms. The molecule has 1 aliphatic heterocycles. The number of benzene rings is 2. The molecule has 0 saturated carbocycles. The summed E-state index contributed by atoms with van der Waals surface area (Å²) < 4.78 is 13.1. The molecule has 2 heterocycles. The van der Waals surface area contributed by atoms with Gasteiger partial charge in [-0.2, -0.15) is 0 Å². The number of thiazole rings is 1. The second-order valence-electron chi connectivity index (χ2n) is 6.84. The number of halogens is 1. The van der Waals surface area contributed by atoms with E-state index in [9.17, 15) is 9.18 Å². The zero-order valence-electron chi connectivity index (χ0n) is 15.6. The van der Waals surface area contributed by atoms with Crippen LogP contribution in [-0.4, -0.2) is 49.0 Å². The fraction of sp³-hybridized carbons (Fsp3) is 0.238. The van der Waals surface area contributed by atoms with E-state index < -0.39 is 0 Å². The lowest BCUT2D eigenvalue weighted by molar-refractivity contribution is 0.102. The molecule has 0 atom stereocenters. The third-order valence-corrected chi connectivity index (χ3v) is 5.71. The van der Waals surface area contributed by atoms with Crippen molar-refractivity contribution >= 4 is 28.6 Å². The van der Waals surface area contributed by atoms with Crippen molar-refractivity contribution in [3.05, 3.63) is 65.4 Å². The van der Waals surface area contributed by atoms with Crippen LogP contribution in [0.2, 0.25) is 0 Å². The molecule has 1 aromatic heterocycles. The maximum Gasteiger partial charge on any atom is 0.275 e. The number of rotatable bonds is 4. The summed E-state index contributed by atoms with van der Waals surface area (Å²) in [7, 11) is 2.13. The number of hydrogen-bond donors (Lipinski definition) is 1. The summed E-state index contributed by atoms with van der Waals surface area (Å²) in [4.78, 5) is 21.5. The molecule has 2 aromatic carbocycles. The Labute approximate surface area is 167 Å². The van der Waals surface area contributed by atoms with Gasteiger partial charge in [0.2, 0.25) is 0 Å². The molecule has 144 valence electrons. The summed E-state index contributed by atoms with van der Waals surface area (Å²) in [5, 5.41) is 5.29. The van der Waals surface area contributed by atoms with Crippen LogP contribution >= 0.6 is 11.3 Å². The van der Waals surface area contributed by atoms with E-state index in [0.29, 0.717) is 10.7 Å². The Kier molecular flexibility index (Phi) is 5.36. The number of nitrogens with one attached hydrogen (secondary N) is 1. The van der Waals surface area contributed by atoms with Crippen molar-refractivity contribution in [3.63, 3.8) is 0 Å². The topological polar surface area (TPSA) is 48.5 Å². The Morgan fingerprint density at radius 1 is 1.04 bits per heavy atom. The molecule has 1 N–H and O–H groups in total. The molecule has 1 fully saturated rings. The summed E-state index contributed by atoms with van der Waals surface area (Å²) in [6.45, 7) is 4.12. The second kappa shape index (κ2) is 8.08. The SMILES string of the molecule is CN1CCN(c2ccc(NC(=O)c3csc(-c4ccc(F)cc4)n3)cc2)CC1. The number of likely N-dealkylation sites (N-methyl/N-ethyl adjacent to an activating group) is 1. The number of carbonyl (C=O) groups excluding carboxylic acids is 1. The molecular weight excluding hydrogens is 375 g/mol. The van der Waals surface area contributed by atoms with Gasteiger partial charge in [0, 0.05) is 48.5 Å². The van der Waals surface area contributed by atoms with Gasteiger partial charge in [0.25, 0.3) is 5.91 Å². The highest BCUT2D eigenvalue weighted by atomic mass is 32.1. The van der Waals surface area contributed by atoms with Crippen LogP contribution < -0.4 is 10.2 Å². The predicted octanol–water partition coefficient (Wildman–Crippen LogP) is 3.95. The number of aromatic nitrogens is 1. The third-order valence-electron chi connectivity index (χ3n) is 4.82. The van der Waals surface area contributed by atoms with Crippen LogP contribution in [0.25, 0.3) is 10.6 Å². The highest BCUT2D eigenvalue weighted by Gasteiger charge is 2.15. The van der Waals surface area contributed by atoms with E-state index in [0.717, 1.165) is 37.4 Å². The van der Waals surface area contributed by atoms with E-state index in [1.807, 2.05) is 24.3 Å². The van der Waals surface area contributed by atoms with Gasteiger partial charge in [-0.05, 0) is 55.6 Å². The van der Waals surface area contributed by atoms with Gasteiger partial charge in [-0.3, -0.25) is 4.79 Å². The average Bonchev–Trinajstić information content (AvgIpc) is 3.20. The lowest BCUT2D eigenvalue weighted by Crippen LogP contribution is -2.44. The van der Waals surface area contributed by atoms with Crippen molar-refractivity contribution in [1.82, 2.24) is 9.88 Å². The quantitative estimate of drug-likeness (QED) is 0.725. The van der Waals surface area contributed by atoms with Gasteiger partial charge in [-0.15, -0.1) is 11.3 Å². The lowest BCUT2D eigenvalue weighted by atomic mass is 10.2. The Hall–Kier alpha value is -2.77. The highest BCUT2D eigenvalue weighted by molar-refractivity contribution is 7.13. The number of carbonyl (C=O) groups is 1. The molecule has 28 heavy (non-hydrogen) atoms. The molecule has 0 unspecified atom stereocenters. The minimum atomic E-state index is -0.293. The Morgan fingerprint density at radius 2 is 1.71 bits per heavy atom. The number of nitrogens with zero attached hydrogens (tertiary/aromatic N) is 3. The summed E-state index contributed by atoms with van der Waals surface area (Å²) in [6, 6.07) is 14.0. The smallest absolute Gasteiger partial charge is 0.275 e. The molecule has 0 spiro atoms. The molecule has 0 aliphatic carbocycles.